The van der Waals surface area contributed by atoms with Crippen LogP contribution in [-0.4, -0.2) is 44.9 Å². The fourth-order valence-corrected chi connectivity index (χ4v) is 4.56. The zero-order valence-electron chi connectivity index (χ0n) is 10.5. The molecule has 1 unspecified atom stereocenters. The molecule has 2 aliphatic rings. The number of rotatable bonds is 4. The Hall–Kier alpha value is -0.170. The summed E-state index contributed by atoms with van der Waals surface area (Å²) >= 11 is 0. The molecule has 0 amide bonds. The predicted molar refractivity (Wildman–Crippen MR) is 67.9 cm³/mol. The standard InChI is InChI=1S/C11H23N3O2S/c1-2-13-17(15,16)14-9-3-4-11(14)10-5-7-12-8-6-10/h10-13H,2-9H2,1H3. The molecule has 2 fully saturated rings. The Kier molecular flexibility index (Phi) is 4.41. The number of hydrogen-bond acceptors (Lipinski definition) is 3. The van der Waals surface area contributed by atoms with Crippen LogP contribution in [0.15, 0.2) is 0 Å². The molecular formula is C11H23N3O2S. The molecule has 2 heterocycles. The van der Waals surface area contributed by atoms with Crippen molar-refractivity contribution in [3.8, 4) is 0 Å². The van der Waals surface area contributed by atoms with Crippen molar-refractivity contribution in [2.45, 2.75) is 38.6 Å². The third-order valence-corrected chi connectivity index (χ3v) is 5.54. The molecule has 2 saturated heterocycles. The lowest BCUT2D eigenvalue weighted by molar-refractivity contribution is 0.233. The molecule has 0 aliphatic carbocycles. The van der Waals surface area contributed by atoms with E-state index in [4.69, 9.17) is 0 Å². The highest BCUT2D eigenvalue weighted by molar-refractivity contribution is 7.87. The molecule has 0 spiro atoms. The summed E-state index contributed by atoms with van der Waals surface area (Å²) in [6.07, 6.45) is 4.22. The van der Waals surface area contributed by atoms with E-state index >= 15 is 0 Å². The Labute approximate surface area is 104 Å². The van der Waals surface area contributed by atoms with Crippen molar-refractivity contribution in [2.75, 3.05) is 26.2 Å². The highest BCUT2D eigenvalue weighted by Crippen LogP contribution is 2.30. The van der Waals surface area contributed by atoms with Crippen LogP contribution in [0, 0.1) is 5.92 Å². The zero-order valence-corrected chi connectivity index (χ0v) is 11.3. The minimum Gasteiger partial charge on any atom is -0.317 e. The first kappa shape index (κ1) is 13.3. The van der Waals surface area contributed by atoms with Gasteiger partial charge in [0.25, 0.3) is 10.2 Å². The van der Waals surface area contributed by atoms with Crippen LogP contribution in [0.1, 0.15) is 32.6 Å². The second-order valence-corrected chi connectivity index (χ2v) is 6.62. The minimum absolute atomic E-state index is 0.223. The lowest BCUT2D eigenvalue weighted by atomic mass is 9.89. The lowest BCUT2D eigenvalue weighted by Crippen LogP contribution is -2.48. The van der Waals surface area contributed by atoms with Crippen molar-refractivity contribution >= 4 is 10.2 Å². The molecule has 2 rings (SSSR count). The van der Waals surface area contributed by atoms with Crippen molar-refractivity contribution in [1.82, 2.24) is 14.3 Å². The first-order valence-corrected chi connectivity index (χ1v) is 8.06. The summed E-state index contributed by atoms with van der Waals surface area (Å²) in [4.78, 5) is 0. The Balaban J connectivity index is 2.06. The van der Waals surface area contributed by atoms with Crippen molar-refractivity contribution in [1.29, 1.82) is 0 Å². The molecule has 17 heavy (non-hydrogen) atoms. The third kappa shape index (κ3) is 2.99. The maximum absolute atomic E-state index is 12.1. The van der Waals surface area contributed by atoms with Gasteiger partial charge in [-0.25, -0.2) is 4.72 Å². The smallest absolute Gasteiger partial charge is 0.279 e. The van der Waals surface area contributed by atoms with Crippen LogP contribution < -0.4 is 10.0 Å². The second-order valence-electron chi connectivity index (χ2n) is 4.91. The molecule has 2 aliphatic heterocycles. The van der Waals surface area contributed by atoms with Gasteiger partial charge in [0.2, 0.25) is 0 Å². The molecule has 6 heteroatoms. The predicted octanol–water partition coefficient (Wildman–Crippen LogP) is 0.305. The average Bonchev–Trinajstić information content (AvgIpc) is 2.79. The van der Waals surface area contributed by atoms with Crippen molar-refractivity contribution in [3.63, 3.8) is 0 Å². The SMILES string of the molecule is CCNS(=O)(=O)N1CCCC1C1CCNCC1. The first-order chi connectivity index (χ1) is 8.15. The van der Waals surface area contributed by atoms with Gasteiger partial charge in [0, 0.05) is 19.1 Å². The highest BCUT2D eigenvalue weighted by atomic mass is 32.2. The zero-order chi connectivity index (χ0) is 12.3. The van der Waals surface area contributed by atoms with E-state index in [2.05, 4.69) is 10.0 Å². The first-order valence-electron chi connectivity index (χ1n) is 6.62. The Morgan fingerprint density at radius 2 is 2.00 bits per heavy atom. The van der Waals surface area contributed by atoms with E-state index in [-0.39, 0.29) is 6.04 Å². The van der Waals surface area contributed by atoms with Crippen molar-refractivity contribution in [2.24, 2.45) is 5.92 Å². The summed E-state index contributed by atoms with van der Waals surface area (Å²) in [5, 5.41) is 3.33. The van der Waals surface area contributed by atoms with Crippen LogP contribution in [0.25, 0.3) is 0 Å². The van der Waals surface area contributed by atoms with Crippen LogP contribution in [0.3, 0.4) is 0 Å². The lowest BCUT2D eigenvalue weighted by Gasteiger charge is -2.33. The van der Waals surface area contributed by atoms with Gasteiger partial charge in [-0.2, -0.15) is 12.7 Å². The third-order valence-electron chi connectivity index (χ3n) is 3.81. The molecule has 0 aromatic rings. The normalized spacial score (nSPS) is 28.6. The van der Waals surface area contributed by atoms with Gasteiger partial charge >= 0.3 is 0 Å². The summed E-state index contributed by atoms with van der Waals surface area (Å²) in [5.41, 5.74) is 0. The molecular weight excluding hydrogens is 238 g/mol. The van der Waals surface area contributed by atoms with E-state index in [0.717, 1.165) is 38.8 Å². The monoisotopic (exact) mass is 261 g/mol. The molecule has 0 radical (unpaired) electrons. The van der Waals surface area contributed by atoms with Crippen LogP contribution >= 0.6 is 0 Å². The summed E-state index contributed by atoms with van der Waals surface area (Å²) in [7, 11) is -3.25. The fraction of sp³-hybridized carbons (Fsp3) is 1.00. The second kappa shape index (κ2) is 5.65. The van der Waals surface area contributed by atoms with Gasteiger partial charge in [-0.3, -0.25) is 0 Å². The highest BCUT2D eigenvalue weighted by Gasteiger charge is 2.38. The van der Waals surface area contributed by atoms with E-state index in [1.54, 1.807) is 4.31 Å². The topological polar surface area (TPSA) is 61.4 Å². The Morgan fingerprint density at radius 1 is 1.29 bits per heavy atom. The van der Waals surface area contributed by atoms with Crippen LogP contribution in [0.2, 0.25) is 0 Å². The number of nitrogens with zero attached hydrogens (tertiary/aromatic N) is 1. The maximum Gasteiger partial charge on any atom is 0.279 e. The summed E-state index contributed by atoms with van der Waals surface area (Å²) in [5.74, 6) is 0.534. The van der Waals surface area contributed by atoms with E-state index < -0.39 is 10.2 Å². The van der Waals surface area contributed by atoms with Gasteiger partial charge in [-0.1, -0.05) is 6.92 Å². The van der Waals surface area contributed by atoms with Crippen LogP contribution in [0.5, 0.6) is 0 Å². The number of nitrogens with one attached hydrogen (secondary N) is 2. The average molecular weight is 261 g/mol. The molecule has 0 bridgehead atoms. The molecule has 100 valence electrons. The van der Waals surface area contributed by atoms with Crippen LogP contribution in [0.4, 0.5) is 0 Å². The molecule has 0 aromatic heterocycles. The quantitative estimate of drug-likeness (QED) is 0.765. The minimum atomic E-state index is -3.25. The fourth-order valence-electron chi connectivity index (χ4n) is 3.03. The molecule has 2 N–H and O–H groups in total. The summed E-state index contributed by atoms with van der Waals surface area (Å²) in [6, 6.07) is 0.223. The van der Waals surface area contributed by atoms with Crippen LogP contribution in [-0.2, 0) is 10.2 Å². The van der Waals surface area contributed by atoms with Gasteiger partial charge in [0.15, 0.2) is 0 Å². The van der Waals surface area contributed by atoms with E-state index in [1.807, 2.05) is 6.92 Å². The van der Waals surface area contributed by atoms with Gasteiger partial charge in [-0.15, -0.1) is 0 Å². The van der Waals surface area contributed by atoms with E-state index in [0.29, 0.717) is 19.0 Å². The number of hydrogen-bond donors (Lipinski definition) is 2. The summed E-state index contributed by atoms with van der Waals surface area (Å²) in [6.45, 7) is 5.03. The van der Waals surface area contributed by atoms with Crippen molar-refractivity contribution < 1.29 is 8.42 Å². The molecule has 0 saturated carbocycles. The molecule has 0 aromatic carbocycles. The Bertz CT molecular complexity index is 339. The van der Waals surface area contributed by atoms with Gasteiger partial charge in [-0.05, 0) is 44.7 Å². The van der Waals surface area contributed by atoms with Gasteiger partial charge in [0.1, 0.15) is 0 Å². The maximum atomic E-state index is 12.1. The molecule has 5 nitrogen and oxygen atoms in total. The Morgan fingerprint density at radius 3 is 2.65 bits per heavy atom. The number of piperidine rings is 1. The van der Waals surface area contributed by atoms with Crippen molar-refractivity contribution in [3.05, 3.63) is 0 Å². The van der Waals surface area contributed by atoms with Gasteiger partial charge in [0.05, 0.1) is 0 Å². The van der Waals surface area contributed by atoms with Gasteiger partial charge < -0.3 is 5.32 Å². The summed E-state index contributed by atoms with van der Waals surface area (Å²) < 4.78 is 28.5. The van der Waals surface area contributed by atoms with E-state index in [1.165, 1.54) is 0 Å². The largest absolute Gasteiger partial charge is 0.317 e. The van der Waals surface area contributed by atoms with E-state index in [9.17, 15) is 8.42 Å². The molecule has 1 atom stereocenters.